The van der Waals surface area contributed by atoms with Crippen LogP contribution in [0.4, 0.5) is 5.69 Å². The van der Waals surface area contributed by atoms with Gasteiger partial charge >= 0.3 is 11.3 Å². The minimum atomic E-state index is -0.619. The quantitative estimate of drug-likeness (QED) is 0.405. The Kier molecular flexibility index (Phi) is 4.15. The molecule has 122 valence electrons. The van der Waals surface area contributed by atoms with E-state index in [9.17, 15) is 14.9 Å². The van der Waals surface area contributed by atoms with Crippen LogP contribution < -0.4 is 15.1 Å². The summed E-state index contributed by atoms with van der Waals surface area (Å²) in [4.78, 5) is 22.3. The molecule has 24 heavy (non-hydrogen) atoms. The molecular weight excluding hydrogens is 314 g/mol. The van der Waals surface area contributed by atoms with Gasteiger partial charge in [-0.15, -0.1) is 0 Å². The Bertz CT molecular complexity index is 948. The SMILES string of the molecule is COc1c([N+](=O)[O-])c(OCc2ccccc2)cc2ccc(=O)oc12. The summed E-state index contributed by atoms with van der Waals surface area (Å²) in [6, 6.07) is 13.5. The van der Waals surface area contributed by atoms with Crippen LogP contribution in [0.25, 0.3) is 11.0 Å². The van der Waals surface area contributed by atoms with Gasteiger partial charge in [0.1, 0.15) is 6.61 Å². The summed E-state index contributed by atoms with van der Waals surface area (Å²) in [5.74, 6) is -0.0969. The van der Waals surface area contributed by atoms with Crippen LogP contribution in [0.5, 0.6) is 11.5 Å². The highest BCUT2D eigenvalue weighted by molar-refractivity contribution is 5.89. The molecule has 1 aromatic heterocycles. The second kappa shape index (κ2) is 6.41. The lowest BCUT2D eigenvalue weighted by Crippen LogP contribution is -2.03. The molecule has 0 aliphatic rings. The molecule has 7 heteroatoms. The van der Waals surface area contributed by atoms with Crippen LogP contribution in [-0.2, 0) is 6.61 Å². The van der Waals surface area contributed by atoms with E-state index < -0.39 is 10.5 Å². The van der Waals surface area contributed by atoms with Crippen molar-refractivity contribution in [3.05, 3.63) is 74.6 Å². The van der Waals surface area contributed by atoms with E-state index in [1.807, 2.05) is 30.3 Å². The normalized spacial score (nSPS) is 10.5. The summed E-state index contributed by atoms with van der Waals surface area (Å²) < 4.78 is 15.8. The Hall–Kier alpha value is -3.35. The van der Waals surface area contributed by atoms with Crippen molar-refractivity contribution in [2.24, 2.45) is 0 Å². The molecule has 1 heterocycles. The predicted octanol–water partition coefficient (Wildman–Crippen LogP) is 3.29. The van der Waals surface area contributed by atoms with Gasteiger partial charge in [-0.3, -0.25) is 10.1 Å². The number of hydrogen-bond acceptors (Lipinski definition) is 6. The number of nitro benzene ring substituents is 1. The van der Waals surface area contributed by atoms with Gasteiger partial charge in [0.2, 0.25) is 11.5 Å². The average molecular weight is 327 g/mol. The standard InChI is InChI=1S/C17H13NO6/c1-22-17-15(18(20)21)13(23-10-11-5-3-2-4-6-11)9-12-7-8-14(19)24-16(12)17/h2-9H,10H2,1H3. The maximum Gasteiger partial charge on any atom is 0.356 e. The van der Waals surface area contributed by atoms with E-state index in [1.165, 1.54) is 25.3 Å². The molecule has 0 amide bonds. The molecule has 0 saturated heterocycles. The molecule has 0 fully saturated rings. The highest BCUT2D eigenvalue weighted by atomic mass is 16.6. The Morgan fingerprint density at radius 3 is 2.58 bits per heavy atom. The minimum Gasteiger partial charge on any atom is -0.487 e. The van der Waals surface area contributed by atoms with E-state index in [0.29, 0.717) is 5.39 Å². The van der Waals surface area contributed by atoms with Crippen molar-refractivity contribution in [2.45, 2.75) is 6.61 Å². The van der Waals surface area contributed by atoms with E-state index >= 15 is 0 Å². The first kappa shape index (κ1) is 15.5. The molecule has 0 N–H and O–H groups in total. The maximum absolute atomic E-state index is 11.5. The highest BCUT2D eigenvalue weighted by Gasteiger charge is 2.27. The smallest absolute Gasteiger partial charge is 0.356 e. The zero-order valence-corrected chi connectivity index (χ0v) is 12.7. The third-order valence-electron chi connectivity index (χ3n) is 3.43. The topological polar surface area (TPSA) is 91.8 Å². The number of ether oxygens (including phenoxy) is 2. The van der Waals surface area contributed by atoms with Gasteiger partial charge in [0.05, 0.1) is 12.0 Å². The summed E-state index contributed by atoms with van der Waals surface area (Å²) in [5, 5.41) is 11.9. The second-order valence-electron chi connectivity index (χ2n) is 4.96. The van der Waals surface area contributed by atoms with Gasteiger partial charge in [-0.2, -0.15) is 0 Å². The van der Waals surface area contributed by atoms with Gasteiger partial charge in [-0.1, -0.05) is 30.3 Å². The molecule has 7 nitrogen and oxygen atoms in total. The second-order valence-corrected chi connectivity index (χ2v) is 4.96. The lowest BCUT2D eigenvalue weighted by molar-refractivity contribution is -0.386. The number of rotatable bonds is 5. The zero-order valence-electron chi connectivity index (χ0n) is 12.7. The van der Waals surface area contributed by atoms with Crippen LogP contribution in [0, 0.1) is 10.1 Å². The molecule has 0 radical (unpaired) electrons. The van der Waals surface area contributed by atoms with Gasteiger partial charge in [0.15, 0.2) is 5.58 Å². The number of fused-ring (bicyclic) bond motifs is 1. The molecule has 0 aliphatic heterocycles. The van der Waals surface area contributed by atoms with Crippen LogP contribution >= 0.6 is 0 Å². The Morgan fingerprint density at radius 1 is 1.17 bits per heavy atom. The van der Waals surface area contributed by atoms with E-state index in [2.05, 4.69) is 0 Å². The lowest BCUT2D eigenvalue weighted by atomic mass is 10.1. The molecule has 0 atom stereocenters. The van der Waals surface area contributed by atoms with Crippen molar-refractivity contribution in [2.75, 3.05) is 7.11 Å². The molecule has 3 rings (SSSR count). The minimum absolute atomic E-state index is 0.0174. The van der Waals surface area contributed by atoms with E-state index in [0.717, 1.165) is 5.56 Å². The highest BCUT2D eigenvalue weighted by Crippen LogP contribution is 2.42. The van der Waals surface area contributed by atoms with Crippen molar-refractivity contribution >= 4 is 16.7 Å². The van der Waals surface area contributed by atoms with E-state index in [-0.39, 0.29) is 29.4 Å². The molecule has 0 saturated carbocycles. The monoisotopic (exact) mass is 327 g/mol. The molecule has 0 aliphatic carbocycles. The van der Waals surface area contributed by atoms with Crippen LogP contribution in [0.3, 0.4) is 0 Å². The first-order chi connectivity index (χ1) is 11.6. The fourth-order valence-electron chi connectivity index (χ4n) is 2.35. The Labute approximate surface area is 136 Å². The van der Waals surface area contributed by atoms with Crippen molar-refractivity contribution in [1.82, 2.24) is 0 Å². The average Bonchev–Trinajstić information content (AvgIpc) is 2.59. The van der Waals surface area contributed by atoms with Gasteiger partial charge in [-0.25, -0.2) is 4.79 Å². The van der Waals surface area contributed by atoms with Crippen LogP contribution in [0.2, 0.25) is 0 Å². The largest absolute Gasteiger partial charge is 0.487 e. The van der Waals surface area contributed by atoms with Crippen molar-refractivity contribution in [3.8, 4) is 11.5 Å². The zero-order chi connectivity index (χ0) is 17.1. The van der Waals surface area contributed by atoms with Crippen molar-refractivity contribution in [1.29, 1.82) is 0 Å². The summed E-state index contributed by atoms with van der Waals surface area (Å²) >= 11 is 0. The first-order valence-electron chi connectivity index (χ1n) is 7.06. The fraction of sp³-hybridized carbons (Fsp3) is 0.118. The maximum atomic E-state index is 11.5. The van der Waals surface area contributed by atoms with Gasteiger partial charge in [0.25, 0.3) is 0 Å². The Morgan fingerprint density at radius 2 is 1.92 bits per heavy atom. The number of benzene rings is 2. The first-order valence-corrected chi connectivity index (χ1v) is 7.06. The molecule has 0 unspecified atom stereocenters. The van der Waals surface area contributed by atoms with E-state index in [4.69, 9.17) is 13.9 Å². The fourth-order valence-corrected chi connectivity index (χ4v) is 2.35. The number of hydrogen-bond donors (Lipinski definition) is 0. The molecule has 0 bridgehead atoms. The van der Waals surface area contributed by atoms with Gasteiger partial charge < -0.3 is 13.9 Å². The molecular formula is C17H13NO6. The lowest BCUT2D eigenvalue weighted by Gasteiger charge is -2.11. The van der Waals surface area contributed by atoms with Gasteiger partial charge in [0, 0.05) is 11.5 Å². The third kappa shape index (κ3) is 2.91. The predicted molar refractivity (Wildman–Crippen MR) is 86.5 cm³/mol. The number of methoxy groups -OCH3 is 1. The van der Waals surface area contributed by atoms with Crippen molar-refractivity contribution < 1.29 is 18.8 Å². The summed E-state index contributed by atoms with van der Waals surface area (Å²) in [7, 11) is 1.27. The van der Waals surface area contributed by atoms with Gasteiger partial charge in [-0.05, 0) is 17.7 Å². The van der Waals surface area contributed by atoms with Crippen LogP contribution in [0.15, 0.2) is 57.7 Å². The summed E-state index contributed by atoms with van der Waals surface area (Å²) in [5.41, 5.74) is -0.113. The molecule has 2 aromatic carbocycles. The van der Waals surface area contributed by atoms with Crippen molar-refractivity contribution in [3.63, 3.8) is 0 Å². The summed E-state index contributed by atoms with van der Waals surface area (Å²) in [6.07, 6.45) is 0. The molecule has 0 spiro atoms. The number of nitrogens with zero attached hydrogens (tertiary/aromatic N) is 1. The Balaban J connectivity index is 2.12. The molecule has 3 aromatic rings. The van der Waals surface area contributed by atoms with Crippen LogP contribution in [-0.4, -0.2) is 12.0 Å². The number of nitro groups is 1. The van der Waals surface area contributed by atoms with E-state index in [1.54, 1.807) is 0 Å². The summed E-state index contributed by atoms with van der Waals surface area (Å²) in [6.45, 7) is 0.160. The third-order valence-corrected chi connectivity index (χ3v) is 3.43. The van der Waals surface area contributed by atoms with Crippen LogP contribution in [0.1, 0.15) is 5.56 Å².